The van der Waals surface area contributed by atoms with Crippen LogP contribution in [-0.2, 0) is 21.2 Å². The number of hydrogen-bond donors (Lipinski definition) is 0. The molecule has 0 saturated carbocycles. The van der Waals surface area contributed by atoms with Crippen LogP contribution in [-0.4, -0.2) is 40.3 Å². The summed E-state index contributed by atoms with van der Waals surface area (Å²) >= 11 is 6.07. The topological polar surface area (TPSA) is 66.9 Å². The number of carbonyl (C=O) groups is 1. The summed E-state index contributed by atoms with van der Waals surface area (Å²) in [5.41, 5.74) is 2.13. The number of halogens is 1. The van der Waals surface area contributed by atoms with Crippen molar-refractivity contribution in [3.05, 3.63) is 53.1 Å². The maximum absolute atomic E-state index is 13.2. The number of anilines is 2. The van der Waals surface area contributed by atoms with Gasteiger partial charge in [0, 0.05) is 17.3 Å². The first-order valence-corrected chi connectivity index (χ1v) is 10.7. The zero-order valence-corrected chi connectivity index (χ0v) is 16.9. The van der Waals surface area contributed by atoms with Gasteiger partial charge in [-0.3, -0.25) is 9.10 Å². The van der Waals surface area contributed by atoms with E-state index in [4.69, 9.17) is 16.3 Å². The molecule has 6 nitrogen and oxygen atoms in total. The van der Waals surface area contributed by atoms with E-state index in [0.717, 1.165) is 28.2 Å². The molecule has 0 saturated heterocycles. The molecule has 1 aliphatic rings. The zero-order chi connectivity index (χ0) is 19.8. The van der Waals surface area contributed by atoms with Gasteiger partial charge in [-0.15, -0.1) is 0 Å². The third-order valence-corrected chi connectivity index (χ3v) is 6.06. The number of sulfonamides is 1. The monoisotopic (exact) mass is 408 g/mol. The molecule has 0 aliphatic carbocycles. The zero-order valence-electron chi connectivity index (χ0n) is 15.3. The molecule has 0 spiro atoms. The highest BCUT2D eigenvalue weighted by atomic mass is 35.5. The minimum atomic E-state index is -3.77. The molecule has 27 heavy (non-hydrogen) atoms. The van der Waals surface area contributed by atoms with E-state index in [2.05, 4.69) is 0 Å². The van der Waals surface area contributed by atoms with Crippen LogP contribution in [0.15, 0.2) is 42.5 Å². The van der Waals surface area contributed by atoms with Gasteiger partial charge in [0.1, 0.15) is 11.8 Å². The SMILES string of the molecule is COc1ccc(Cl)cc1N([C@H](C)C(=O)N1CCc2ccccc21)S(C)(=O)=O. The van der Waals surface area contributed by atoms with Crippen LogP contribution in [0.1, 0.15) is 12.5 Å². The maximum Gasteiger partial charge on any atom is 0.250 e. The Labute approximate surface area is 164 Å². The molecule has 0 fully saturated rings. The van der Waals surface area contributed by atoms with Crippen molar-refractivity contribution in [2.45, 2.75) is 19.4 Å². The van der Waals surface area contributed by atoms with Crippen LogP contribution in [0.3, 0.4) is 0 Å². The van der Waals surface area contributed by atoms with Crippen LogP contribution < -0.4 is 13.9 Å². The Hall–Kier alpha value is -2.25. The third-order valence-electron chi connectivity index (χ3n) is 4.60. The first-order valence-electron chi connectivity index (χ1n) is 8.46. The molecule has 0 N–H and O–H groups in total. The third kappa shape index (κ3) is 3.75. The summed E-state index contributed by atoms with van der Waals surface area (Å²) < 4.78 is 31.5. The van der Waals surface area contributed by atoms with Crippen molar-refractivity contribution in [1.82, 2.24) is 0 Å². The van der Waals surface area contributed by atoms with E-state index in [0.29, 0.717) is 17.3 Å². The predicted octanol–water partition coefficient (Wildman–Crippen LogP) is 3.09. The fourth-order valence-electron chi connectivity index (χ4n) is 3.40. The van der Waals surface area contributed by atoms with E-state index in [-0.39, 0.29) is 11.6 Å². The first kappa shape index (κ1) is 19.5. The Bertz CT molecular complexity index is 977. The summed E-state index contributed by atoms with van der Waals surface area (Å²) in [6.45, 7) is 2.09. The lowest BCUT2D eigenvalue weighted by molar-refractivity contribution is -0.119. The van der Waals surface area contributed by atoms with Crippen LogP contribution in [0.5, 0.6) is 5.75 Å². The van der Waals surface area contributed by atoms with Crippen molar-refractivity contribution in [2.24, 2.45) is 0 Å². The smallest absolute Gasteiger partial charge is 0.250 e. The summed E-state index contributed by atoms with van der Waals surface area (Å²) in [5.74, 6) is 0.0266. The highest BCUT2D eigenvalue weighted by molar-refractivity contribution is 7.92. The van der Waals surface area contributed by atoms with Crippen LogP contribution in [0.4, 0.5) is 11.4 Å². The number of fused-ring (bicyclic) bond motifs is 1. The van der Waals surface area contributed by atoms with Crippen molar-refractivity contribution in [3.63, 3.8) is 0 Å². The number of nitrogens with zero attached hydrogens (tertiary/aromatic N) is 2. The lowest BCUT2D eigenvalue weighted by Crippen LogP contribution is -2.49. The van der Waals surface area contributed by atoms with Crippen LogP contribution >= 0.6 is 11.6 Å². The van der Waals surface area contributed by atoms with Crippen molar-refractivity contribution < 1.29 is 17.9 Å². The number of benzene rings is 2. The summed E-state index contributed by atoms with van der Waals surface area (Å²) in [7, 11) is -2.33. The lowest BCUT2D eigenvalue weighted by atomic mass is 10.2. The highest BCUT2D eigenvalue weighted by Crippen LogP contribution is 2.35. The fraction of sp³-hybridized carbons (Fsp3) is 0.316. The second kappa shape index (κ2) is 7.40. The van der Waals surface area contributed by atoms with Gasteiger partial charge in [-0.25, -0.2) is 8.42 Å². The summed E-state index contributed by atoms with van der Waals surface area (Å²) in [6, 6.07) is 11.4. The summed E-state index contributed by atoms with van der Waals surface area (Å²) in [6.07, 6.45) is 1.81. The minimum absolute atomic E-state index is 0.237. The van der Waals surface area contributed by atoms with E-state index >= 15 is 0 Å². The molecule has 144 valence electrons. The normalized spacial score (nSPS) is 14.6. The Morgan fingerprint density at radius 3 is 2.63 bits per heavy atom. The molecule has 0 unspecified atom stereocenters. The average molecular weight is 409 g/mol. The van der Waals surface area contributed by atoms with E-state index in [9.17, 15) is 13.2 Å². The number of para-hydroxylation sites is 1. The second-order valence-electron chi connectivity index (χ2n) is 6.42. The molecule has 1 atom stereocenters. The minimum Gasteiger partial charge on any atom is -0.495 e. The van der Waals surface area contributed by atoms with Crippen molar-refractivity contribution in [3.8, 4) is 5.75 Å². The van der Waals surface area contributed by atoms with E-state index in [1.54, 1.807) is 24.0 Å². The number of amides is 1. The van der Waals surface area contributed by atoms with Gasteiger partial charge in [0.05, 0.1) is 19.1 Å². The second-order valence-corrected chi connectivity index (χ2v) is 8.72. The van der Waals surface area contributed by atoms with Gasteiger partial charge in [0.25, 0.3) is 5.91 Å². The van der Waals surface area contributed by atoms with Gasteiger partial charge in [-0.1, -0.05) is 29.8 Å². The Morgan fingerprint density at radius 2 is 1.96 bits per heavy atom. The molecule has 8 heteroatoms. The molecule has 3 rings (SSSR count). The van der Waals surface area contributed by atoms with Crippen LogP contribution in [0, 0.1) is 0 Å². The average Bonchev–Trinajstić information content (AvgIpc) is 3.04. The van der Waals surface area contributed by atoms with Crippen LogP contribution in [0.25, 0.3) is 0 Å². The fourth-order valence-corrected chi connectivity index (χ4v) is 4.73. The maximum atomic E-state index is 13.2. The van der Waals surface area contributed by atoms with Gasteiger partial charge in [-0.2, -0.15) is 0 Å². The lowest BCUT2D eigenvalue weighted by Gasteiger charge is -2.32. The van der Waals surface area contributed by atoms with Crippen molar-refractivity contribution in [1.29, 1.82) is 0 Å². The molecule has 1 amide bonds. The Balaban J connectivity index is 2.02. The van der Waals surface area contributed by atoms with Crippen LogP contribution in [0.2, 0.25) is 5.02 Å². The number of methoxy groups -OCH3 is 1. The van der Waals surface area contributed by atoms with Gasteiger partial charge in [-0.05, 0) is 43.2 Å². The van der Waals surface area contributed by atoms with Gasteiger partial charge in [0.2, 0.25) is 10.0 Å². The quantitative estimate of drug-likeness (QED) is 0.762. The van der Waals surface area contributed by atoms with Gasteiger partial charge >= 0.3 is 0 Å². The number of hydrogen-bond acceptors (Lipinski definition) is 4. The molecular formula is C19H21ClN2O4S. The number of carbonyl (C=O) groups excluding carboxylic acids is 1. The van der Waals surface area contributed by atoms with E-state index in [1.807, 2.05) is 24.3 Å². The molecule has 0 aromatic heterocycles. The predicted molar refractivity (Wildman–Crippen MR) is 107 cm³/mol. The van der Waals surface area contributed by atoms with Gasteiger partial charge in [0.15, 0.2) is 0 Å². The van der Waals surface area contributed by atoms with E-state index < -0.39 is 16.1 Å². The number of rotatable bonds is 5. The Morgan fingerprint density at radius 1 is 1.26 bits per heavy atom. The summed E-state index contributed by atoms with van der Waals surface area (Å²) in [4.78, 5) is 14.8. The summed E-state index contributed by atoms with van der Waals surface area (Å²) in [5, 5.41) is 0.352. The van der Waals surface area contributed by atoms with Crippen molar-refractivity contribution >= 4 is 38.9 Å². The standard InChI is InChI=1S/C19H21ClN2O4S/c1-13(19(23)21-11-10-14-6-4-5-7-16(14)21)22(27(3,24)25)17-12-15(20)8-9-18(17)26-2/h4-9,12-13H,10-11H2,1-3H3/t13-/m1/s1. The molecule has 2 aromatic carbocycles. The molecule has 1 heterocycles. The molecule has 0 bridgehead atoms. The van der Waals surface area contributed by atoms with Gasteiger partial charge < -0.3 is 9.64 Å². The molecule has 1 aliphatic heterocycles. The van der Waals surface area contributed by atoms with Crippen molar-refractivity contribution in [2.75, 3.05) is 29.1 Å². The number of ether oxygens (including phenoxy) is 1. The van der Waals surface area contributed by atoms with E-state index in [1.165, 1.54) is 13.2 Å². The molecule has 2 aromatic rings. The molecule has 0 radical (unpaired) electrons. The molecular weight excluding hydrogens is 388 g/mol. The largest absolute Gasteiger partial charge is 0.495 e. The highest BCUT2D eigenvalue weighted by Gasteiger charge is 2.36. The Kier molecular flexibility index (Phi) is 5.35. The first-order chi connectivity index (χ1) is 12.7.